The van der Waals surface area contributed by atoms with E-state index >= 15 is 4.39 Å². The molecule has 3 fully saturated rings. The van der Waals surface area contributed by atoms with E-state index in [4.69, 9.17) is 16.1 Å². The van der Waals surface area contributed by atoms with Crippen LogP contribution >= 0.6 is 0 Å². The minimum Gasteiger partial charge on any atom is -0.461 e. The number of likely N-dealkylation sites (N-methyl/N-ethyl adjacent to an activating group) is 1. The van der Waals surface area contributed by atoms with Gasteiger partial charge in [0.05, 0.1) is 22.5 Å². The molecule has 3 aliphatic heterocycles. The molecule has 0 radical (unpaired) electrons. The Bertz CT molecular complexity index is 2090. The molecule has 4 aromatic rings. The Hall–Kier alpha value is -5.02. The highest BCUT2D eigenvalue weighted by atomic mass is 19.3. The molecule has 49 heavy (non-hydrogen) atoms. The first-order valence-corrected chi connectivity index (χ1v) is 16.2. The summed E-state index contributed by atoms with van der Waals surface area (Å²) < 4.78 is 65.2. The van der Waals surface area contributed by atoms with Crippen LogP contribution in [0.4, 0.5) is 23.4 Å². The minimum atomic E-state index is -1.67. The van der Waals surface area contributed by atoms with Gasteiger partial charge in [0.1, 0.15) is 29.5 Å². The fourth-order valence-corrected chi connectivity index (χ4v) is 7.93. The number of ether oxygens (including phenoxy) is 1. The molecule has 3 atom stereocenters. The Morgan fingerprint density at radius 2 is 2.04 bits per heavy atom. The summed E-state index contributed by atoms with van der Waals surface area (Å²) in [7, 11) is 1.81. The van der Waals surface area contributed by atoms with Gasteiger partial charge in [0, 0.05) is 48.9 Å². The van der Waals surface area contributed by atoms with Gasteiger partial charge in [-0.15, -0.1) is 6.42 Å². The number of pyridine rings is 1. The number of nitrogens with zero attached hydrogens (tertiary/aromatic N) is 6. The van der Waals surface area contributed by atoms with Gasteiger partial charge < -0.3 is 14.5 Å². The zero-order chi connectivity index (χ0) is 34.6. The normalized spacial score (nSPS) is 22.1. The molecule has 0 spiro atoms. The third-order valence-electron chi connectivity index (χ3n) is 10.4. The lowest BCUT2D eigenvalue weighted by Gasteiger charge is -2.32. The molecular formula is C37H34F4N6O2. The maximum absolute atomic E-state index is 16.9. The van der Waals surface area contributed by atoms with E-state index in [0.29, 0.717) is 53.5 Å². The third-order valence-corrected chi connectivity index (χ3v) is 10.4. The van der Waals surface area contributed by atoms with Crippen molar-refractivity contribution in [3.63, 3.8) is 0 Å². The van der Waals surface area contributed by atoms with Crippen LogP contribution in [0.2, 0.25) is 0 Å². The lowest BCUT2D eigenvalue weighted by atomic mass is 9.94. The number of anilines is 1. The monoisotopic (exact) mass is 670 g/mol. The SMILES string of the molecule is C#Cc1c(F)ccc2cccc(-c3ncc4c(N(C)[C@@H]5CCN(C(=O)C=C)[C@@H]5C)nc(OCC56CCCN5CC(=C(F)F)C6)nc4c3F)c12. The quantitative estimate of drug-likeness (QED) is 0.127. The number of halogens is 4. The molecule has 3 aliphatic rings. The van der Waals surface area contributed by atoms with Gasteiger partial charge in [0.25, 0.3) is 6.08 Å². The Labute approximate surface area is 281 Å². The van der Waals surface area contributed by atoms with Crippen molar-refractivity contribution in [1.29, 1.82) is 0 Å². The van der Waals surface area contributed by atoms with Crippen LogP contribution in [0.25, 0.3) is 32.9 Å². The molecule has 2 aromatic carbocycles. The minimum absolute atomic E-state index is 0.00884. The van der Waals surface area contributed by atoms with Crippen molar-refractivity contribution >= 4 is 33.4 Å². The van der Waals surface area contributed by atoms with Gasteiger partial charge in [-0.25, -0.2) is 8.78 Å². The average Bonchev–Trinajstić information content (AvgIpc) is 3.79. The van der Waals surface area contributed by atoms with Crippen LogP contribution in [0.15, 0.2) is 60.8 Å². The second kappa shape index (κ2) is 12.5. The molecule has 2 aromatic heterocycles. The molecule has 3 saturated heterocycles. The fourth-order valence-electron chi connectivity index (χ4n) is 7.93. The van der Waals surface area contributed by atoms with Crippen LogP contribution < -0.4 is 9.64 Å². The zero-order valence-electron chi connectivity index (χ0n) is 27.1. The van der Waals surface area contributed by atoms with E-state index in [2.05, 4.69) is 22.5 Å². The molecule has 8 nitrogen and oxygen atoms in total. The van der Waals surface area contributed by atoms with Crippen molar-refractivity contribution in [2.75, 3.05) is 38.2 Å². The van der Waals surface area contributed by atoms with E-state index in [9.17, 15) is 18.0 Å². The largest absolute Gasteiger partial charge is 0.461 e. The second-order valence-electron chi connectivity index (χ2n) is 13.0. The van der Waals surface area contributed by atoms with E-state index in [1.807, 2.05) is 23.8 Å². The Kier molecular flexibility index (Phi) is 8.27. The Balaban J connectivity index is 1.35. The molecule has 1 unspecified atom stereocenters. The number of amides is 1. The maximum atomic E-state index is 16.9. The smallest absolute Gasteiger partial charge is 0.319 e. The maximum Gasteiger partial charge on any atom is 0.319 e. The summed E-state index contributed by atoms with van der Waals surface area (Å²) >= 11 is 0. The van der Waals surface area contributed by atoms with Gasteiger partial charge >= 0.3 is 6.01 Å². The number of terminal acetylenes is 1. The number of fused-ring (bicyclic) bond motifs is 3. The zero-order valence-corrected chi connectivity index (χ0v) is 27.1. The lowest BCUT2D eigenvalue weighted by molar-refractivity contribution is -0.126. The molecule has 0 saturated carbocycles. The first-order valence-electron chi connectivity index (χ1n) is 16.2. The van der Waals surface area contributed by atoms with Crippen molar-refractivity contribution in [3.8, 4) is 29.6 Å². The lowest BCUT2D eigenvalue weighted by Crippen LogP contribution is -2.44. The van der Waals surface area contributed by atoms with Gasteiger partial charge in [-0.3, -0.25) is 14.7 Å². The predicted octanol–water partition coefficient (Wildman–Crippen LogP) is 6.48. The summed E-state index contributed by atoms with van der Waals surface area (Å²) in [6, 6.07) is 7.39. The summed E-state index contributed by atoms with van der Waals surface area (Å²) in [4.78, 5) is 31.9. The summed E-state index contributed by atoms with van der Waals surface area (Å²) in [5.74, 6) is 1.14. The van der Waals surface area contributed by atoms with E-state index < -0.39 is 23.3 Å². The van der Waals surface area contributed by atoms with Crippen LogP contribution in [0.5, 0.6) is 6.01 Å². The Morgan fingerprint density at radius 1 is 1.22 bits per heavy atom. The molecule has 0 N–H and O–H groups in total. The van der Waals surface area contributed by atoms with Crippen LogP contribution in [0, 0.1) is 24.0 Å². The Morgan fingerprint density at radius 3 is 2.80 bits per heavy atom. The van der Waals surface area contributed by atoms with Crippen molar-refractivity contribution in [2.24, 2.45) is 0 Å². The second-order valence-corrected chi connectivity index (χ2v) is 13.0. The van der Waals surface area contributed by atoms with E-state index in [0.717, 1.165) is 6.42 Å². The van der Waals surface area contributed by atoms with Crippen molar-refractivity contribution < 1.29 is 27.1 Å². The molecule has 0 bridgehead atoms. The number of hydrogen-bond acceptors (Lipinski definition) is 7. The molecule has 5 heterocycles. The van der Waals surface area contributed by atoms with Gasteiger partial charge in [-0.1, -0.05) is 36.8 Å². The molecule has 1 amide bonds. The van der Waals surface area contributed by atoms with E-state index in [-0.39, 0.29) is 65.9 Å². The van der Waals surface area contributed by atoms with Crippen LogP contribution in [-0.4, -0.2) is 81.6 Å². The van der Waals surface area contributed by atoms with Gasteiger partial charge in [0.15, 0.2) is 5.82 Å². The van der Waals surface area contributed by atoms with Crippen molar-refractivity contribution in [3.05, 3.63) is 78.0 Å². The number of benzene rings is 2. The van der Waals surface area contributed by atoms with Crippen LogP contribution in [-0.2, 0) is 4.79 Å². The molecular weight excluding hydrogens is 636 g/mol. The standard InChI is InChI=1S/C37H34F4N6O2/c1-5-24-27(38)12-11-22-9-7-10-25(30(22)24)32-31(39)33-26(18-42-32)35(45(4)28-13-16-47(21(28)3)29(48)6-2)44-36(43-33)49-20-37-14-8-15-46(37)19-23(17-37)34(40)41/h1,6-7,9-12,18,21,28H,2,8,13-17,19-20H2,3-4H3/t21-,28-,37?/m1/s1. The average molecular weight is 671 g/mol. The fraction of sp³-hybridized carbons (Fsp3) is 0.351. The molecule has 252 valence electrons. The summed E-state index contributed by atoms with van der Waals surface area (Å²) in [5, 5.41) is 1.26. The van der Waals surface area contributed by atoms with E-state index in [1.54, 1.807) is 29.2 Å². The number of likely N-dealkylation sites (tertiary alicyclic amines) is 1. The highest BCUT2D eigenvalue weighted by Crippen LogP contribution is 2.43. The van der Waals surface area contributed by atoms with Crippen LogP contribution in [0.1, 0.15) is 38.2 Å². The number of hydrogen-bond donors (Lipinski definition) is 0. The molecule has 0 aliphatic carbocycles. The van der Waals surface area contributed by atoms with Crippen molar-refractivity contribution in [2.45, 2.75) is 50.2 Å². The van der Waals surface area contributed by atoms with Crippen LogP contribution in [0.3, 0.4) is 0 Å². The molecule has 12 heteroatoms. The number of rotatable bonds is 7. The topological polar surface area (TPSA) is 74.7 Å². The van der Waals surface area contributed by atoms with Crippen molar-refractivity contribution in [1.82, 2.24) is 24.8 Å². The highest BCUT2D eigenvalue weighted by Gasteiger charge is 2.48. The number of carbonyl (C=O) groups excluding carboxylic acids is 1. The first-order chi connectivity index (χ1) is 23.6. The third kappa shape index (κ3) is 5.37. The molecule has 7 rings (SSSR count). The van der Waals surface area contributed by atoms with Gasteiger partial charge in [0.2, 0.25) is 5.91 Å². The number of carbonyl (C=O) groups is 1. The summed E-state index contributed by atoms with van der Waals surface area (Å²) in [6.07, 6.45) is 9.06. The predicted molar refractivity (Wildman–Crippen MR) is 179 cm³/mol. The number of aromatic nitrogens is 3. The highest BCUT2D eigenvalue weighted by molar-refractivity contribution is 6.02. The van der Waals surface area contributed by atoms with E-state index in [1.165, 1.54) is 18.3 Å². The first kappa shape index (κ1) is 32.5. The van der Waals surface area contributed by atoms with Gasteiger partial charge in [-0.2, -0.15) is 18.7 Å². The van der Waals surface area contributed by atoms with Gasteiger partial charge in [-0.05, 0) is 56.7 Å². The summed E-state index contributed by atoms with van der Waals surface area (Å²) in [5.41, 5.74) is -0.431. The summed E-state index contributed by atoms with van der Waals surface area (Å²) in [6.45, 7) is 6.92.